The zero-order valence-corrected chi connectivity index (χ0v) is 18.6. The molecule has 0 aromatic heterocycles. The molecule has 0 spiro atoms. The molecule has 3 heterocycles. The molecule has 2 aromatic carbocycles. The third kappa shape index (κ3) is 4.26. The Morgan fingerprint density at radius 2 is 1.82 bits per heavy atom. The topological polar surface area (TPSA) is 105 Å². The van der Waals surface area contributed by atoms with Gasteiger partial charge in [0.25, 0.3) is 11.8 Å². The molecule has 1 unspecified atom stereocenters. The number of piperidine rings is 1. The fourth-order valence-electron chi connectivity index (χ4n) is 4.55. The maximum Gasteiger partial charge on any atom is 0.255 e. The first-order valence-electron chi connectivity index (χ1n) is 11.4. The molecular weight excluding hydrogens is 438 g/mol. The summed E-state index contributed by atoms with van der Waals surface area (Å²) in [6, 6.07) is 11.9. The van der Waals surface area contributed by atoms with E-state index >= 15 is 0 Å². The number of benzene rings is 2. The van der Waals surface area contributed by atoms with Crippen LogP contribution in [0.15, 0.2) is 42.5 Å². The van der Waals surface area contributed by atoms with Crippen molar-refractivity contribution >= 4 is 23.6 Å². The molecule has 2 fully saturated rings. The summed E-state index contributed by atoms with van der Waals surface area (Å²) in [5.74, 6) is -0.419. The minimum atomic E-state index is -0.665. The molecule has 2 aromatic rings. The lowest BCUT2D eigenvalue weighted by molar-refractivity contribution is -0.136. The van der Waals surface area contributed by atoms with Gasteiger partial charge in [0.1, 0.15) is 18.4 Å². The molecular formula is C25H25N3O6. The number of nitrogens with one attached hydrogen (secondary N) is 1. The maximum atomic E-state index is 12.9. The first-order chi connectivity index (χ1) is 16.5. The highest BCUT2D eigenvalue weighted by molar-refractivity contribution is 6.05. The van der Waals surface area contributed by atoms with E-state index in [0.29, 0.717) is 49.6 Å². The molecule has 9 heteroatoms. The highest BCUT2D eigenvalue weighted by atomic mass is 16.5. The lowest BCUT2D eigenvalue weighted by atomic mass is 10.0. The third-order valence-electron chi connectivity index (χ3n) is 6.43. The van der Waals surface area contributed by atoms with Gasteiger partial charge in [0.05, 0.1) is 19.8 Å². The van der Waals surface area contributed by atoms with Crippen LogP contribution in [0.5, 0.6) is 5.75 Å². The summed E-state index contributed by atoms with van der Waals surface area (Å²) >= 11 is 0. The first-order valence-corrected chi connectivity index (χ1v) is 11.4. The van der Waals surface area contributed by atoms with Crippen molar-refractivity contribution in [3.8, 4) is 5.75 Å². The lowest BCUT2D eigenvalue weighted by Gasteiger charge is -2.29. The number of fused-ring (bicyclic) bond motifs is 1. The molecule has 0 aliphatic carbocycles. The van der Waals surface area contributed by atoms with Crippen molar-refractivity contribution in [2.45, 2.75) is 32.0 Å². The van der Waals surface area contributed by atoms with Crippen LogP contribution in [0.2, 0.25) is 0 Å². The van der Waals surface area contributed by atoms with E-state index in [1.54, 1.807) is 35.2 Å². The van der Waals surface area contributed by atoms with Crippen LogP contribution >= 0.6 is 0 Å². The van der Waals surface area contributed by atoms with Gasteiger partial charge in [-0.25, -0.2) is 0 Å². The Morgan fingerprint density at radius 3 is 2.56 bits per heavy atom. The van der Waals surface area contributed by atoms with Crippen LogP contribution in [-0.4, -0.2) is 65.8 Å². The Balaban J connectivity index is 1.25. The van der Waals surface area contributed by atoms with Crippen LogP contribution in [0.25, 0.3) is 0 Å². The molecule has 4 amide bonds. The van der Waals surface area contributed by atoms with E-state index in [9.17, 15) is 19.2 Å². The van der Waals surface area contributed by atoms with Gasteiger partial charge in [-0.05, 0) is 36.2 Å². The van der Waals surface area contributed by atoms with Crippen molar-refractivity contribution in [1.82, 2.24) is 15.1 Å². The van der Waals surface area contributed by atoms with E-state index in [1.807, 2.05) is 12.1 Å². The van der Waals surface area contributed by atoms with Crippen LogP contribution < -0.4 is 10.1 Å². The Labute approximate surface area is 196 Å². The fourth-order valence-corrected chi connectivity index (χ4v) is 4.55. The third-order valence-corrected chi connectivity index (χ3v) is 6.43. The van der Waals surface area contributed by atoms with Crippen LogP contribution in [0, 0.1) is 0 Å². The van der Waals surface area contributed by atoms with Crippen LogP contribution in [-0.2, 0) is 27.5 Å². The predicted molar refractivity (Wildman–Crippen MR) is 120 cm³/mol. The number of imide groups is 1. The van der Waals surface area contributed by atoms with E-state index in [1.165, 1.54) is 4.90 Å². The number of nitrogens with zero attached hydrogens (tertiary/aromatic N) is 2. The summed E-state index contributed by atoms with van der Waals surface area (Å²) in [5, 5.41) is 2.31. The van der Waals surface area contributed by atoms with Gasteiger partial charge in [-0.2, -0.15) is 0 Å². The molecule has 0 saturated carbocycles. The second kappa shape index (κ2) is 9.26. The van der Waals surface area contributed by atoms with E-state index in [0.717, 1.165) is 11.1 Å². The van der Waals surface area contributed by atoms with Gasteiger partial charge in [0.2, 0.25) is 11.8 Å². The van der Waals surface area contributed by atoms with Gasteiger partial charge in [0, 0.05) is 36.2 Å². The number of ether oxygens (including phenoxy) is 2. The normalized spacial score (nSPS) is 20.2. The monoisotopic (exact) mass is 463 g/mol. The van der Waals surface area contributed by atoms with Crippen molar-refractivity contribution in [2.75, 3.05) is 26.3 Å². The number of hydrogen-bond donors (Lipinski definition) is 1. The standard InChI is InChI=1S/C25H25N3O6/c29-22-9-8-20(23(30)26-22)28-14-19-18(25(28)32)2-1-3-21(19)34-15-16-4-6-17(7-5-16)24(31)27-10-12-33-13-11-27/h1-7,20H,8-15H2,(H,26,29,30). The highest BCUT2D eigenvalue weighted by Gasteiger charge is 2.40. The first kappa shape index (κ1) is 22.1. The van der Waals surface area contributed by atoms with Crippen LogP contribution in [0.4, 0.5) is 0 Å². The van der Waals surface area contributed by atoms with Gasteiger partial charge in [-0.3, -0.25) is 24.5 Å². The summed E-state index contributed by atoms with van der Waals surface area (Å²) in [6.45, 7) is 2.83. The summed E-state index contributed by atoms with van der Waals surface area (Å²) in [5.41, 5.74) is 2.75. The molecule has 176 valence electrons. The molecule has 34 heavy (non-hydrogen) atoms. The summed E-state index contributed by atoms with van der Waals surface area (Å²) < 4.78 is 11.3. The predicted octanol–water partition coefficient (Wildman–Crippen LogP) is 1.50. The summed E-state index contributed by atoms with van der Waals surface area (Å²) in [6.07, 6.45) is 0.528. The van der Waals surface area contributed by atoms with Crippen LogP contribution in [0.1, 0.15) is 44.7 Å². The number of morpholine rings is 1. The highest BCUT2D eigenvalue weighted by Crippen LogP contribution is 2.34. The Bertz CT molecular complexity index is 1140. The van der Waals surface area contributed by atoms with Crippen molar-refractivity contribution in [3.05, 3.63) is 64.7 Å². The Morgan fingerprint density at radius 1 is 1.06 bits per heavy atom. The van der Waals surface area contributed by atoms with Crippen molar-refractivity contribution in [1.29, 1.82) is 0 Å². The average Bonchev–Trinajstić information content (AvgIpc) is 3.20. The zero-order chi connectivity index (χ0) is 23.7. The van der Waals surface area contributed by atoms with Crippen LogP contribution in [0.3, 0.4) is 0 Å². The smallest absolute Gasteiger partial charge is 0.255 e. The Hall–Kier alpha value is -3.72. The minimum Gasteiger partial charge on any atom is -0.489 e. The zero-order valence-electron chi connectivity index (χ0n) is 18.6. The second-order valence-corrected chi connectivity index (χ2v) is 8.57. The minimum absolute atomic E-state index is 0.0105. The fraction of sp³-hybridized carbons (Fsp3) is 0.360. The van der Waals surface area contributed by atoms with E-state index in [4.69, 9.17) is 9.47 Å². The van der Waals surface area contributed by atoms with Gasteiger partial charge in [-0.15, -0.1) is 0 Å². The molecule has 0 bridgehead atoms. The summed E-state index contributed by atoms with van der Waals surface area (Å²) in [7, 11) is 0. The quantitative estimate of drug-likeness (QED) is 0.674. The van der Waals surface area contributed by atoms with Crippen molar-refractivity contribution < 1.29 is 28.7 Å². The van der Waals surface area contributed by atoms with Gasteiger partial charge in [0.15, 0.2) is 0 Å². The van der Waals surface area contributed by atoms with Gasteiger partial charge in [-0.1, -0.05) is 18.2 Å². The lowest BCUT2D eigenvalue weighted by Crippen LogP contribution is -2.52. The molecule has 2 saturated heterocycles. The Kier molecular flexibility index (Phi) is 6.02. The molecule has 3 aliphatic rings. The molecule has 3 aliphatic heterocycles. The SMILES string of the molecule is O=C1CCC(N2Cc3c(OCc4ccc(C(=O)N5CCOCC5)cc4)cccc3C2=O)C(=O)N1. The summed E-state index contributed by atoms with van der Waals surface area (Å²) in [4.78, 5) is 52.6. The number of amides is 4. The molecule has 0 radical (unpaired) electrons. The molecule has 5 rings (SSSR count). The number of hydrogen-bond acceptors (Lipinski definition) is 6. The molecule has 1 atom stereocenters. The number of rotatable bonds is 5. The van der Waals surface area contributed by atoms with E-state index in [2.05, 4.69) is 5.32 Å². The average molecular weight is 463 g/mol. The van der Waals surface area contributed by atoms with E-state index in [-0.39, 0.29) is 37.3 Å². The van der Waals surface area contributed by atoms with Gasteiger partial charge < -0.3 is 19.3 Å². The van der Waals surface area contributed by atoms with E-state index < -0.39 is 11.9 Å². The largest absolute Gasteiger partial charge is 0.489 e. The van der Waals surface area contributed by atoms with Gasteiger partial charge >= 0.3 is 0 Å². The second-order valence-electron chi connectivity index (χ2n) is 8.57. The maximum absolute atomic E-state index is 12.9. The van der Waals surface area contributed by atoms with Crippen molar-refractivity contribution in [2.24, 2.45) is 0 Å². The number of carbonyl (C=O) groups is 4. The molecule has 1 N–H and O–H groups in total. The molecule has 9 nitrogen and oxygen atoms in total. The van der Waals surface area contributed by atoms with Crippen molar-refractivity contribution in [3.63, 3.8) is 0 Å². The number of carbonyl (C=O) groups excluding carboxylic acids is 4.